The molecule has 0 fully saturated rings. The molecule has 0 heterocycles. The summed E-state index contributed by atoms with van der Waals surface area (Å²) in [5, 5.41) is 6.99. The molecule has 0 saturated heterocycles. The van der Waals surface area contributed by atoms with E-state index in [4.69, 9.17) is 5.41 Å². The molecule has 12 heavy (non-hydrogen) atoms. The molecule has 0 aromatic carbocycles. The average molecular weight is 167 g/mol. The quantitative estimate of drug-likeness (QED) is 0.337. The highest BCUT2D eigenvalue weighted by Gasteiger charge is 1.90. The number of allylic oxidation sites excluding steroid dienone is 2. The first-order valence-corrected chi connectivity index (χ1v) is 5.02. The minimum absolute atomic E-state index is 0.850. The normalized spacial score (nSPS) is 11.7. The third-order valence-corrected chi connectivity index (χ3v) is 2.06. The molecule has 1 N–H and O–H groups in total. The summed E-state index contributed by atoms with van der Waals surface area (Å²) in [4.78, 5) is 0. The Morgan fingerprint density at radius 3 is 2.50 bits per heavy atom. The van der Waals surface area contributed by atoms with E-state index in [-0.39, 0.29) is 0 Å². The van der Waals surface area contributed by atoms with Gasteiger partial charge in [-0.25, -0.2) is 0 Å². The monoisotopic (exact) mass is 167 g/mol. The van der Waals surface area contributed by atoms with E-state index in [0.29, 0.717) is 0 Å². The third-order valence-electron chi connectivity index (χ3n) is 2.06. The molecule has 0 spiro atoms. The van der Waals surface area contributed by atoms with Gasteiger partial charge in [-0.2, -0.15) is 0 Å². The van der Waals surface area contributed by atoms with Crippen LogP contribution >= 0.6 is 0 Å². The minimum Gasteiger partial charge on any atom is -0.313 e. The molecule has 0 radical (unpaired) electrons. The van der Waals surface area contributed by atoms with E-state index < -0.39 is 0 Å². The van der Waals surface area contributed by atoms with Gasteiger partial charge in [0.05, 0.1) is 0 Å². The first-order valence-electron chi connectivity index (χ1n) is 5.02. The Bertz CT molecular complexity index is 136. The van der Waals surface area contributed by atoms with Crippen LogP contribution in [-0.4, -0.2) is 6.21 Å². The van der Waals surface area contributed by atoms with Crippen LogP contribution in [0.1, 0.15) is 52.4 Å². The molecule has 0 aromatic rings. The second-order valence-electron chi connectivity index (χ2n) is 3.12. The summed E-state index contributed by atoms with van der Waals surface area (Å²) < 4.78 is 0. The molecular formula is C11H21N. The van der Waals surface area contributed by atoms with E-state index in [9.17, 15) is 0 Å². The third kappa shape index (κ3) is 6.14. The van der Waals surface area contributed by atoms with Crippen molar-refractivity contribution in [3.63, 3.8) is 0 Å². The Kier molecular flexibility index (Phi) is 8.09. The van der Waals surface area contributed by atoms with E-state index in [2.05, 4.69) is 19.9 Å². The van der Waals surface area contributed by atoms with Crippen LogP contribution in [0.3, 0.4) is 0 Å². The minimum atomic E-state index is 0.850. The SMILES string of the molecule is CCCCC/C=C(\CC)CC=N. The van der Waals surface area contributed by atoms with Crippen LogP contribution in [0, 0.1) is 5.41 Å². The smallest absolute Gasteiger partial charge is 0.00300 e. The molecule has 0 atom stereocenters. The summed E-state index contributed by atoms with van der Waals surface area (Å²) in [6, 6.07) is 0. The number of rotatable bonds is 7. The fourth-order valence-corrected chi connectivity index (χ4v) is 1.20. The van der Waals surface area contributed by atoms with Crippen molar-refractivity contribution in [2.75, 3.05) is 0 Å². The molecular weight excluding hydrogens is 146 g/mol. The van der Waals surface area contributed by atoms with E-state index >= 15 is 0 Å². The average Bonchev–Trinajstić information content (AvgIpc) is 2.10. The maximum absolute atomic E-state index is 6.99. The predicted molar refractivity (Wildman–Crippen MR) is 55.9 cm³/mol. The lowest BCUT2D eigenvalue weighted by Gasteiger charge is -1.99. The van der Waals surface area contributed by atoms with Crippen LogP contribution in [-0.2, 0) is 0 Å². The van der Waals surface area contributed by atoms with Crippen molar-refractivity contribution in [2.45, 2.75) is 52.4 Å². The second kappa shape index (κ2) is 8.51. The van der Waals surface area contributed by atoms with Gasteiger partial charge in [-0.05, 0) is 25.5 Å². The first kappa shape index (κ1) is 11.4. The number of nitrogens with one attached hydrogen (secondary N) is 1. The van der Waals surface area contributed by atoms with Gasteiger partial charge >= 0.3 is 0 Å². The fourth-order valence-electron chi connectivity index (χ4n) is 1.20. The zero-order chi connectivity index (χ0) is 9.23. The summed E-state index contributed by atoms with van der Waals surface area (Å²) in [7, 11) is 0. The topological polar surface area (TPSA) is 23.9 Å². The molecule has 0 aliphatic heterocycles. The van der Waals surface area contributed by atoms with Gasteiger partial charge < -0.3 is 5.41 Å². The Labute approximate surface area is 76.4 Å². The Balaban J connectivity index is 3.54. The van der Waals surface area contributed by atoms with Crippen molar-refractivity contribution in [1.82, 2.24) is 0 Å². The molecule has 0 rings (SSSR count). The van der Waals surface area contributed by atoms with E-state index in [1.165, 1.54) is 37.5 Å². The Hall–Kier alpha value is -0.590. The van der Waals surface area contributed by atoms with Gasteiger partial charge in [-0.3, -0.25) is 0 Å². The zero-order valence-electron chi connectivity index (χ0n) is 8.40. The largest absolute Gasteiger partial charge is 0.313 e. The van der Waals surface area contributed by atoms with Gasteiger partial charge in [-0.15, -0.1) is 0 Å². The van der Waals surface area contributed by atoms with Crippen LogP contribution in [0.4, 0.5) is 0 Å². The molecule has 1 heteroatoms. The van der Waals surface area contributed by atoms with Gasteiger partial charge in [0.25, 0.3) is 0 Å². The maximum atomic E-state index is 6.99. The predicted octanol–water partition coefficient (Wildman–Crippen LogP) is 3.94. The van der Waals surface area contributed by atoms with Gasteiger partial charge in [0.15, 0.2) is 0 Å². The van der Waals surface area contributed by atoms with Gasteiger partial charge in [0, 0.05) is 6.42 Å². The van der Waals surface area contributed by atoms with Crippen molar-refractivity contribution in [2.24, 2.45) is 0 Å². The van der Waals surface area contributed by atoms with Crippen LogP contribution in [0.2, 0.25) is 0 Å². The molecule has 0 aromatic heterocycles. The molecule has 0 bridgehead atoms. The second-order valence-corrected chi connectivity index (χ2v) is 3.12. The lowest BCUT2D eigenvalue weighted by atomic mass is 10.1. The highest BCUT2D eigenvalue weighted by Crippen LogP contribution is 2.08. The van der Waals surface area contributed by atoms with Crippen LogP contribution in [0.15, 0.2) is 11.6 Å². The number of hydrogen-bond donors (Lipinski definition) is 1. The Morgan fingerprint density at radius 1 is 1.25 bits per heavy atom. The van der Waals surface area contributed by atoms with E-state index in [0.717, 1.165) is 12.8 Å². The summed E-state index contributed by atoms with van der Waals surface area (Å²) in [5.41, 5.74) is 1.42. The van der Waals surface area contributed by atoms with Gasteiger partial charge in [0.1, 0.15) is 0 Å². The highest BCUT2D eigenvalue weighted by molar-refractivity contribution is 5.57. The molecule has 0 unspecified atom stereocenters. The molecule has 0 aliphatic carbocycles. The Morgan fingerprint density at radius 2 is 2.00 bits per heavy atom. The number of unbranched alkanes of at least 4 members (excludes halogenated alkanes) is 3. The molecule has 0 aliphatic rings. The van der Waals surface area contributed by atoms with Crippen molar-refractivity contribution < 1.29 is 0 Å². The van der Waals surface area contributed by atoms with Gasteiger partial charge in [-0.1, -0.05) is 38.3 Å². The molecule has 0 amide bonds. The van der Waals surface area contributed by atoms with E-state index in [1.807, 2.05) is 0 Å². The van der Waals surface area contributed by atoms with Crippen molar-refractivity contribution in [3.05, 3.63) is 11.6 Å². The van der Waals surface area contributed by atoms with Crippen LogP contribution < -0.4 is 0 Å². The standard InChI is InChI=1S/C11H21N/c1-3-5-6-7-8-11(4-2)9-10-12/h8,10,12H,3-7,9H2,1-2H3/b11-8+,12-10?. The van der Waals surface area contributed by atoms with Crippen LogP contribution in [0.25, 0.3) is 0 Å². The van der Waals surface area contributed by atoms with Crippen molar-refractivity contribution >= 4 is 6.21 Å². The highest BCUT2D eigenvalue weighted by atomic mass is 14.3. The lowest BCUT2D eigenvalue weighted by molar-refractivity contribution is 0.725. The lowest BCUT2D eigenvalue weighted by Crippen LogP contribution is -1.82. The molecule has 0 saturated carbocycles. The maximum Gasteiger partial charge on any atom is 0.00300 e. The molecule has 70 valence electrons. The van der Waals surface area contributed by atoms with Crippen molar-refractivity contribution in [3.8, 4) is 0 Å². The summed E-state index contributed by atoms with van der Waals surface area (Å²) in [5.74, 6) is 0. The van der Waals surface area contributed by atoms with E-state index in [1.54, 1.807) is 0 Å². The van der Waals surface area contributed by atoms with Crippen LogP contribution in [0.5, 0.6) is 0 Å². The number of hydrogen-bond acceptors (Lipinski definition) is 1. The summed E-state index contributed by atoms with van der Waals surface area (Å²) in [6.07, 6.45) is 10.9. The fraction of sp³-hybridized carbons (Fsp3) is 0.727. The summed E-state index contributed by atoms with van der Waals surface area (Å²) >= 11 is 0. The first-order chi connectivity index (χ1) is 5.85. The summed E-state index contributed by atoms with van der Waals surface area (Å²) in [6.45, 7) is 4.39. The van der Waals surface area contributed by atoms with Crippen molar-refractivity contribution in [1.29, 1.82) is 5.41 Å². The molecule has 1 nitrogen and oxygen atoms in total. The zero-order valence-corrected chi connectivity index (χ0v) is 8.40. The van der Waals surface area contributed by atoms with Gasteiger partial charge in [0.2, 0.25) is 0 Å².